The maximum atomic E-state index is 14.0. The Morgan fingerprint density at radius 2 is 2.15 bits per heavy atom. The van der Waals surface area contributed by atoms with Crippen LogP contribution in [0.1, 0.15) is 18.4 Å². The summed E-state index contributed by atoms with van der Waals surface area (Å²) in [4.78, 5) is 4.08. The summed E-state index contributed by atoms with van der Waals surface area (Å²) in [6.45, 7) is 0.773. The van der Waals surface area contributed by atoms with E-state index in [1.54, 1.807) is 25.6 Å². The molecule has 1 aliphatic rings. The van der Waals surface area contributed by atoms with Crippen LogP contribution in [0.3, 0.4) is 0 Å². The van der Waals surface area contributed by atoms with E-state index in [9.17, 15) is 4.39 Å². The number of nitrogens with one attached hydrogen (secondary N) is 1. The van der Waals surface area contributed by atoms with E-state index in [-0.39, 0.29) is 5.82 Å². The molecule has 20 heavy (non-hydrogen) atoms. The summed E-state index contributed by atoms with van der Waals surface area (Å²) < 4.78 is 19.1. The zero-order valence-electron chi connectivity index (χ0n) is 11.4. The molecule has 1 aromatic heterocycles. The lowest BCUT2D eigenvalue weighted by Crippen LogP contribution is -2.15. The Kier molecular flexibility index (Phi) is 3.65. The average molecular weight is 272 g/mol. The molecular weight excluding hydrogens is 255 g/mol. The summed E-state index contributed by atoms with van der Waals surface area (Å²) in [5.74, 6) is 0.388. The SMILES string of the molecule is COc1cncc(-c2cc(CNC3CC3)ccc2F)c1. The van der Waals surface area contributed by atoms with Crippen molar-refractivity contribution in [3.8, 4) is 16.9 Å². The quantitative estimate of drug-likeness (QED) is 0.908. The van der Waals surface area contributed by atoms with Crippen LogP contribution in [-0.4, -0.2) is 18.1 Å². The fraction of sp³-hybridized carbons (Fsp3) is 0.312. The van der Waals surface area contributed by atoms with Crippen molar-refractivity contribution >= 4 is 0 Å². The van der Waals surface area contributed by atoms with Crippen LogP contribution in [0.15, 0.2) is 36.7 Å². The molecule has 0 saturated heterocycles. The van der Waals surface area contributed by atoms with Crippen molar-refractivity contribution in [1.29, 1.82) is 0 Å². The van der Waals surface area contributed by atoms with E-state index < -0.39 is 0 Å². The summed E-state index contributed by atoms with van der Waals surface area (Å²) in [5, 5.41) is 3.43. The van der Waals surface area contributed by atoms with E-state index in [0.717, 1.165) is 17.7 Å². The molecule has 0 amide bonds. The molecule has 0 spiro atoms. The number of nitrogens with zero attached hydrogens (tertiary/aromatic N) is 1. The number of rotatable bonds is 5. The first-order chi connectivity index (χ1) is 9.76. The van der Waals surface area contributed by atoms with Crippen molar-refractivity contribution < 1.29 is 9.13 Å². The molecule has 0 atom stereocenters. The van der Waals surface area contributed by atoms with Gasteiger partial charge in [0.1, 0.15) is 11.6 Å². The van der Waals surface area contributed by atoms with Gasteiger partial charge in [0.15, 0.2) is 0 Å². The van der Waals surface area contributed by atoms with Gasteiger partial charge in [0.25, 0.3) is 0 Å². The van der Waals surface area contributed by atoms with Gasteiger partial charge in [-0.25, -0.2) is 4.39 Å². The van der Waals surface area contributed by atoms with E-state index >= 15 is 0 Å². The normalized spacial score (nSPS) is 14.3. The third-order valence-corrected chi connectivity index (χ3v) is 3.46. The fourth-order valence-corrected chi connectivity index (χ4v) is 2.13. The van der Waals surface area contributed by atoms with Crippen LogP contribution in [0.25, 0.3) is 11.1 Å². The Morgan fingerprint density at radius 3 is 2.90 bits per heavy atom. The molecule has 0 bridgehead atoms. The number of pyridine rings is 1. The molecule has 1 aromatic carbocycles. The van der Waals surface area contributed by atoms with Crippen molar-refractivity contribution in [2.75, 3.05) is 7.11 Å². The van der Waals surface area contributed by atoms with Gasteiger partial charge in [0.05, 0.1) is 13.3 Å². The highest BCUT2D eigenvalue weighted by atomic mass is 19.1. The number of aromatic nitrogens is 1. The lowest BCUT2D eigenvalue weighted by molar-refractivity contribution is 0.413. The smallest absolute Gasteiger partial charge is 0.137 e. The Morgan fingerprint density at radius 1 is 1.30 bits per heavy atom. The molecular formula is C16H17FN2O. The summed E-state index contributed by atoms with van der Waals surface area (Å²) in [6, 6.07) is 7.65. The van der Waals surface area contributed by atoms with Gasteiger partial charge in [-0.05, 0) is 36.6 Å². The molecule has 1 saturated carbocycles. The molecule has 1 N–H and O–H groups in total. The van der Waals surface area contributed by atoms with E-state index in [1.165, 1.54) is 18.9 Å². The van der Waals surface area contributed by atoms with Gasteiger partial charge in [-0.1, -0.05) is 6.07 Å². The summed E-state index contributed by atoms with van der Waals surface area (Å²) >= 11 is 0. The summed E-state index contributed by atoms with van der Waals surface area (Å²) in [7, 11) is 1.58. The van der Waals surface area contributed by atoms with Gasteiger partial charge >= 0.3 is 0 Å². The summed E-state index contributed by atoms with van der Waals surface area (Å²) in [5.41, 5.74) is 2.37. The molecule has 0 aliphatic heterocycles. The highest BCUT2D eigenvalue weighted by molar-refractivity contribution is 5.65. The maximum absolute atomic E-state index is 14.0. The zero-order valence-corrected chi connectivity index (χ0v) is 11.4. The van der Waals surface area contributed by atoms with Crippen LogP contribution in [-0.2, 0) is 6.54 Å². The number of hydrogen-bond acceptors (Lipinski definition) is 3. The first-order valence-corrected chi connectivity index (χ1v) is 6.77. The second-order valence-corrected chi connectivity index (χ2v) is 5.08. The molecule has 4 heteroatoms. The van der Waals surface area contributed by atoms with E-state index in [0.29, 0.717) is 17.4 Å². The van der Waals surface area contributed by atoms with Crippen molar-refractivity contribution in [2.24, 2.45) is 0 Å². The molecule has 1 fully saturated rings. The highest BCUT2D eigenvalue weighted by Crippen LogP contribution is 2.27. The molecule has 3 nitrogen and oxygen atoms in total. The van der Waals surface area contributed by atoms with Crippen LogP contribution >= 0.6 is 0 Å². The fourth-order valence-electron chi connectivity index (χ4n) is 2.13. The van der Waals surface area contributed by atoms with Gasteiger partial charge in [0.2, 0.25) is 0 Å². The van der Waals surface area contributed by atoms with Crippen LogP contribution < -0.4 is 10.1 Å². The minimum Gasteiger partial charge on any atom is -0.495 e. The van der Waals surface area contributed by atoms with Gasteiger partial charge in [-0.15, -0.1) is 0 Å². The maximum Gasteiger partial charge on any atom is 0.137 e. The first-order valence-electron chi connectivity index (χ1n) is 6.77. The minimum atomic E-state index is -0.241. The van der Waals surface area contributed by atoms with E-state index in [1.807, 2.05) is 12.1 Å². The largest absolute Gasteiger partial charge is 0.495 e. The standard InChI is InChI=1S/C16H17FN2O/c1-20-14-7-12(9-18-10-14)15-6-11(2-5-16(15)17)8-19-13-3-4-13/h2,5-7,9-10,13,19H,3-4,8H2,1H3. The Balaban J connectivity index is 1.87. The van der Waals surface area contributed by atoms with Gasteiger partial charge in [-0.2, -0.15) is 0 Å². The van der Waals surface area contributed by atoms with Crippen LogP contribution in [0.5, 0.6) is 5.75 Å². The van der Waals surface area contributed by atoms with Crippen LogP contribution in [0, 0.1) is 5.82 Å². The van der Waals surface area contributed by atoms with Crippen molar-refractivity contribution in [3.05, 3.63) is 48.0 Å². The topological polar surface area (TPSA) is 34.1 Å². The minimum absolute atomic E-state index is 0.241. The summed E-state index contributed by atoms with van der Waals surface area (Å²) in [6.07, 6.45) is 5.75. The third kappa shape index (κ3) is 2.96. The zero-order chi connectivity index (χ0) is 13.9. The van der Waals surface area contributed by atoms with Crippen molar-refractivity contribution in [3.63, 3.8) is 0 Å². The van der Waals surface area contributed by atoms with E-state index in [2.05, 4.69) is 10.3 Å². The Bertz CT molecular complexity index is 611. The Hall–Kier alpha value is -1.94. The van der Waals surface area contributed by atoms with Crippen LogP contribution in [0.2, 0.25) is 0 Å². The van der Waals surface area contributed by atoms with Gasteiger partial charge in [0, 0.05) is 29.9 Å². The highest BCUT2D eigenvalue weighted by Gasteiger charge is 2.20. The van der Waals surface area contributed by atoms with Crippen LogP contribution in [0.4, 0.5) is 4.39 Å². The number of hydrogen-bond donors (Lipinski definition) is 1. The number of halogens is 1. The number of benzene rings is 1. The molecule has 0 radical (unpaired) electrons. The predicted molar refractivity (Wildman–Crippen MR) is 76.0 cm³/mol. The second kappa shape index (κ2) is 5.59. The first kappa shape index (κ1) is 13.1. The molecule has 3 rings (SSSR count). The molecule has 0 unspecified atom stereocenters. The lowest BCUT2D eigenvalue weighted by Gasteiger charge is -2.09. The lowest BCUT2D eigenvalue weighted by atomic mass is 10.0. The molecule has 2 aromatic rings. The van der Waals surface area contributed by atoms with E-state index in [4.69, 9.17) is 4.74 Å². The van der Waals surface area contributed by atoms with Gasteiger partial charge < -0.3 is 10.1 Å². The Labute approximate surface area is 117 Å². The predicted octanol–water partition coefficient (Wildman–Crippen LogP) is 3.15. The molecule has 104 valence electrons. The van der Waals surface area contributed by atoms with Gasteiger partial charge in [-0.3, -0.25) is 4.98 Å². The number of ether oxygens (including phenoxy) is 1. The third-order valence-electron chi connectivity index (χ3n) is 3.46. The molecule has 1 aliphatic carbocycles. The second-order valence-electron chi connectivity index (χ2n) is 5.08. The monoisotopic (exact) mass is 272 g/mol. The molecule has 1 heterocycles. The average Bonchev–Trinajstić information content (AvgIpc) is 3.31. The van der Waals surface area contributed by atoms with Crippen molar-refractivity contribution in [1.82, 2.24) is 10.3 Å². The van der Waals surface area contributed by atoms with Crippen molar-refractivity contribution in [2.45, 2.75) is 25.4 Å². The number of methoxy groups -OCH3 is 1.